The number of halogens is 1. The molecule has 5 aromatic rings. The quantitative estimate of drug-likeness (QED) is 0.178. The summed E-state index contributed by atoms with van der Waals surface area (Å²) in [5, 5.41) is 9.49. The molecule has 3 amide bonds. The van der Waals surface area contributed by atoms with Crippen LogP contribution in [0.4, 0.5) is 26.5 Å². The Kier molecular flexibility index (Phi) is 9.95. The Labute approximate surface area is 338 Å². The van der Waals surface area contributed by atoms with E-state index in [4.69, 9.17) is 14.7 Å². The molecular formula is C44H53FN10O3. The second-order valence-electron chi connectivity index (χ2n) is 17.7. The van der Waals surface area contributed by atoms with Gasteiger partial charge in [-0.05, 0) is 113 Å². The Morgan fingerprint density at radius 3 is 2.38 bits per heavy atom. The largest absolute Gasteiger partial charge is 0.370 e. The number of carbonyl (C=O) groups excluding carboxylic acids is 2. The maximum absolute atomic E-state index is 14.7. The lowest BCUT2D eigenvalue weighted by Gasteiger charge is -2.45. The van der Waals surface area contributed by atoms with E-state index in [0.717, 1.165) is 105 Å². The van der Waals surface area contributed by atoms with E-state index < -0.39 is 12.0 Å². The number of benzene rings is 1. The fourth-order valence-corrected chi connectivity index (χ4v) is 9.85. The molecule has 4 aromatic heterocycles. The number of fused-ring (bicyclic) bond motifs is 2. The van der Waals surface area contributed by atoms with Crippen LogP contribution in [0.1, 0.15) is 70.9 Å². The van der Waals surface area contributed by atoms with Crippen molar-refractivity contribution in [1.82, 2.24) is 34.8 Å². The number of urea groups is 1. The topological polar surface area (TPSA) is 127 Å². The highest BCUT2D eigenvalue weighted by atomic mass is 19.1. The molecule has 4 fully saturated rings. The van der Waals surface area contributed by atoms with Crippen LogP contribution in [-0.2, 0) is 9.53 Å². The summed E-state index contributed by atoms with van der Waals surface area (Å²) in [6, 6.07) is 13.8. The molecule has 0 unspecified atom stereocenters. The maximum Gasteiger partial charge on any atom is 0.329 e. The fraction of sp³-hybridized carbons (Fsp3) is 0.477. The first-order valence-electron chi connectivity index (χ1n) is 20.7. The zero-order chi connectivity index (χ0) is 40.2. The number of carbonyl (C=O) groups is 2. The van der Waals surface area contributed by atoms with Crippen LogP contribution in [0.2, 0.25) is 0 Å². The lowest BCUT2D eigenvalue weighted by Crippen LogP contribution is -2.50. The minimum absolute atomic E-state index is 0.249. The number of nitrogens with zero attached hydrogens (tertiary/aromatic N) is 8. The first-order valence-corrected chi connectivity index (χ1v) is 20.7. The number of imide groups is 1. The highest BCUT2D eigenvalue weighted by molar-refractivity contribution is 6.05. The number of piperazine rings is 1. The van der Waals surface area contributed by atoms with Crippen molar-refractivity contribution in [3.8, 4) is 0 Å². The first-order chi connectivity index (χ1) is 27.9. The van der Waals surface area contributed by atoms with Crippen LogP contribution in [0.3, 0.4) is 0 Å². The number of aromatic nitrogens is 5. The zero-order valence-corrected chi connectivity index (χ0v) is 33.9. The Morgan fingerprint density at radius 2 is 1.66 bits per heavy atom. The molecule has 1 aromatic carbocycles. The Balaban J connectivity index is 0.826. The predicted octanol–water partition coefficient (Wildman–Crippen LogP) is 6.65. The predicted molar refractivity (Wildman–Crippen MR) is 224 cm³/mol. The van der Waals surface area contributed by atoms with Gasteiger partial charge in [-0.1, -0.05) is 12.1 Å². The molecule has 0 aliphatic carbocycles. The third-order valence-corrected chi connectivity index (χ3v) is 12.3. The number of aromatic amines is 1. The zero-order valence-electron chi connectivity index (χ0n) is 33.9. The molecule has 2 N–H and O–H groups in total. The second-order valence-corrected chi connectivity index (χ2v) is 17.7. The second kappa shape index (κ2) is 15.1. The SMILES string of the molecule is CC1(C)CC(C=C(c2ccc(N3CCC(CN4CCN(c5cccn6c(N7CCC(=O)NC7=O)cnc56)CC4)CC3)nc2)c2ccc3n[nH]c(F)c3c2)CC(C)(C)O1. The fourth-order valence-electron chi connectivity index (χ4n) is 9.85. The van der Waals surface area contributed by atoms with Crippen molar-refractivity contribution in [1.29, 1.82) is 0 Å². The van der Waals surface area contributed by atoms with Gasteiger partial charge in [0.15, 0.2) is 5.65 Å². The van der Waals surface area contributed by atoms with Crippen LogP contribution in [0.15, 0.2) is 67.1 Å². The van der Waals surface area contributed by atoms with Gasteiger partial charge >= 0.3 is 6.03 Å². The number of pyridine rings is 2. The molecule has 4 aliphatic heterocycles. The number of amides is 3. The molecule has 0 radical (unpaired) electrons. The van der Waals surface area contributed by atoms with Crippen LogP contribution >= 0.6 is 0 Å². The maximum atomic E-state index is 14.7. The third-order valence-electron chi connectivity index (χ3n) is 12.3. The molecule has 4 aliphatic rings. The van der Waals surface area contributed by atoms with Crippen LogP contribution < -0.4 is 20.0 Å². The summed E-state index contributed by atoms with van der Waals surface area (Å²) in [5.41, 5.74) is 4.99. The van der Waals surface area contributed by atoms with E-state index in [1.165, 1.54) is 0 Å². The number of anilines is 3. The van der Waals surface area contributed by atoms with Gasteiger partial charge < -0.3 is 14.5 Å². The van der Waals surface area contributed by atoms with Crippen LogP contribution in [-0.4, -0.2) is 105 Å². The normalized spacial score (nSPS) is 21.3. The molecule has 304 valence electrons. The summed E-state index contributed by atoms with van der Waals surface area (Å²) >= 11 is 0. The lowest BCUT2D eigenvalue weighted by molar-refractivity contribution is -0.166. The molecule has 58 heavy (non-hydrogen) atoms. The number of piperidine rings is 1. The Hall–Kier alpha value is -5.34. The van der Waals surface area contributed by atoms with Crippen molar-refractivity contribution in [2.24, 2.45) is 11.8 Å². The highest BCUT2D eigenvalue weighted by Crippen LogP contribution is 2.41. The first kappa shape index (κ1) is 38.2. The van der Waals surface area contributed by atoms with E-state index in [9.17, 15) is 14.0 Å². The van der Waals surface area contributed by atoms with E-state index in [1.807, 2.05) is 41.1 Å². The number of H-pyrrole nitrogens is 1. The number of ether oxygens (including phenoxy) is 1. The standard InChI is InChI=1S/C44H53FN10O3/c1-43(2)24-30(25-44(3,4)58-43)22-33(31-7-9-35-34(23-31)40(45)50-49-35)32-8-10-37(46-26-32)53-15-11-29(12-16-53)28-51-18-20-52(21-19-51)36-6-5-14-54-39(27-47-41(36)54)55-17-13-38(56)48-42(55)57/h5-10,14,22-23,26-27,29-30H,11-13,15-21,24-25,28H2,1-4H3,(H,49,50)(H,48,56,57). The van der Waals surface area contributed by atoms with Gasteiger partial charge in [0.2, 0.25) is 11.9 Å². The lowest BCUT2D eigenvalue weighted by atomic mass is 9.79. The summed E-state index contributed by atoms with van der Waals surface area (Å²) in [5.74, 6) is 1.90. The van der Waals surface area contributed by atoms with Crippen molar-refractivity contribution >= 4 is 51.4 Å². The Morgan fingerprint density at radius 1 is 0.897 bits per heavy atom. The van der Waals surface area contributed by atoms with Crippen molar-refractivity contribution in [3.05, 3.63) is 84.2 Å². The van der Waals surface area contributed by atoms with Crippen LogP contribution in [0.5, 0.6) is 0 Å². The number of allylic oxidation sites excluding steroid dienone is 1. The van der Waals surface area contributed by atoms with Gasteiger partial charge in [0.25, 0.3) is 0 Å². The molecule has 0 bridgehead atoms. The molecule has 0 spiro atoms. The van der Waals surface area contributed by atoms with Gasteiger partial charge in [-0.15, -0.1) is 0 Å². The smallest absolute Gasteiger partial charge is 0.329 e. The summed E-state index contributed by atoms with van der Waals surface area (Å²) in [6.45, 7) is 15.8. The van der Waals surface area contributed by atoms with Gasteiger partial charge in [0.05, 0.1) is 34.0 Å². The molecule has 13 nitrogen and oxygen atoms in total. The van der Waals surface area contributed by atoms with Gasteiger partial charge in [-0.3, -0.25) is 29.4 Å². The average molecular weight is 789 g/mol. The van der Waals surface area contributed by atoms with Gasteiger partial charge in [0.1, 0.15) is 11.6 Å². The third kappa shape index (κ3) is 7.79. The van der Waals surface area contributed by atoms with Crippen molar-refractivity contribution < 1.29 is 18.7 Å². The van der Waals surface area contributed by atoms with Crippen LogP contribution in [0, 0.1) is 17.8 Å². The summed E-state index contributed by atoms with van der Waals surface area (Å²) in [6.07, 6.45) is 12.3. The van der Waals surface area contributed by atoms with E-state index in [1.54, 1.807) is 11.1 Å². The molecule has 4 saturated heterocycles. The molecule has 9 rings (SSSR count). The van der Waals surface area contributed by atoms with Gasteiger partial charge in [-0.2, -0.15) is 9.49 Å². The summed E-state index contributed by atoms with van der Waals surface area (Å²) < 4.78 is 23.0. The Bertz CT molecular complexity index is 2340. The van der Waals surface area contributed by atoms with E-state index in [2.05, 4.69) is 82.2 Å². The van der Waals surface area contributed by atoms with E-state index in [-0.39, 0.29) is 29.4 Å². The molecule has 8 heterocycles. The molecule has 14 heteroatoms. The molecular weight excluding hydrogens is 736 g/mol. The van der Waals surface area contributed by atoms with E-state index in [0.29, 0.717) is 29.2 Å². The number of nitrogens with one attached hydrogen (secondary N) is 2. The number of rotatable bonds is 8. The van der Waals surface area contributed by atoms with Crippen LogP contribution in [0.25, 0.3) is 22.1 Å². The minimum atomic E-state index is -0.422. The average Bonchev–Trinajstić information content (AvgIpc) is 3.80. The highest BCUT2D eigenvalue weighted by Gasteiger charge is 2.39. The van der Waals surface area contributed by atoms with E-state index >= 15 is 0 Å². The number of hydrogen-bond acceptors (Lipinski definition) is 9. The number of imidazole rings is 1. The number of hydrogen-bond donors (Lipinski definition) is 2. The monoisotopic (exact) mass is 788 g/mol. The van der Waals surface area contributed by atoms with Crippen molar-refractivity contribution in [2.45, 2.75) is 71.0 Å². The minimum Gasteiger partial charge on any atom is -0.370 e. The summed E-state index contributed by atoms with van der Waals surface area (Å²) in [4.78, 5) is 42.9. The van der Waals surface area contributed by atoms with Crippen molar-refractivity contribution in [3.63, 3.8) is 0 Å². The van der Waals surface area contributed by atoms with Crippen molar-refractivity contribution in [2.75, 3.05) is 67.1 Å². The summed E-state index contributed by atoms with van der Waals surface area (Å²) in [7, 11) is 0. The molecule has 0 saturated carbocycles. The van der Waals surface area contributed by atoms with Gasteiger partial charge in [0, 0.05) is 76.7 Å². The van der Waals surface area contributed by atoms with Gasteiger partial charge in [-0.25, -0.2) is 14.8 Å². The molecule has 0 atom stereocenters.